The summed E-state index contributed by atoms with van der Waals surface area (Å²) in [6.45, 7) is 3.57. The lowest BCUT2D eigenvalue weighted by atomic mass is 10.1. The molecule has 8 nitrogen and oxygen atoms in total. The van der Waals surface area contributed by atoms with Crippen LogP contribution in [0.3, 0.4) is 0 Å². The standard InChI is InChI=1S/C20H22N4O4S/c1-12-10-14(29(27,28)23(3)4)11-17(13(12)2)21-19(25)18-15-8-6-7-9-16(15)20(26)24(5)22-18/h6-11H,1-5H3,(H,21,25). The van der Waals surface area contributed by atoms with Gasteiger partial charge in [0, 0.05) is 32.2 Å². The van der Waals surface area contributed by atoms with E-state index in [1.54, 1.807) is 44.2 Å². The second kappa shape index (κ2) is 7.41. The van der Waals surface area contributed by atoms with Crippen LogP contribution in [0.2, 0.25) is 0 Å². The second-order valence-corrected chi connectivity index (χ2v) is 9.13. The molecule has 152 valence electrons. The summed E-state index contributed by atoms with van der Waals surface area (Å²) in [5.74, 6) is -0.529. The highest BCUT2D eigenvalue weighted by molar-refractivity contribution is 7.89. The van der Waals surface area contributed by atoms with E-state index >= 15 is 0 Å². The molecule has 0 spiro atoms. The third-order valence-corrected chi connectivity index (χ3v) is 6.63. The molecule has 0 radical (unpaired) electrons. The molecule has 0 aliphatic carbocycles. The number of rotatable bonds is 4. The zero-order valence-corrected chi connectivity index (χ0v) is 17.7. The molecule has 29 heavy (non-hydrogen) atoms. The largest absolute Gasteiger partial charge is 0.320 e. The van der Waals surface area contributed by atoms with Crippen LogP contribution < -0.4 is 10.9 Å². The summed E-state index contributed by atoms with van der Waals surface area (Å²) in [5.41, 5.74) is 1.62. The van der Waals surface area contributed by atoms with Crippen molar-refractivity contribution in [1.82, 2.24) is 14.1 Å². The van der Waals surface area contributed by atoms with E-state index in [1.807, 2.05) is 0 Å². The van der Waals surface area contributed by atoms with Crippen LogP contribution in [0.5, 0.6) is 0 Å². The lowest BCUT2D eigenvalue weighted by Gasteiger charge is -2.16. The van der Waals surface area contributed by atoms with Gasteiger partial charge < -0.3 is 5.32 Å². The number of aromatic nitrogens is 2. The molecule has 2 aromatic carbocycles. The number of carbonyl (C=O) groups excluding carboxylic acids is 1. The first-order valence-corrected chi connectivity index (χ1v) is 10.3. The molecule has 1 heterocycles. The van der Waals surface area contributed by atoms with E-state index in [9.17, 15) is 18.0 Å². The van der Waals surface area contributed by atoms with Crippen molar-refractivity contribution < 1.29 is 13.2 Å². The molecule has 0 saturated carbocycles. The SMILES string of the molecule is Cc1cc(S(=O)(=O)N(C)C)cc(NC(=O)c2nn(C)c(=O)c3ccccc23)c1C. The lowest BCUT2D eigenvalue weighted by Crippen LogP contribution is -2.26. The van der Waals surface area contributed by atoms with Gasteiger partial charge in [-0.15, -0.1) is 0 Å². The molecule has 0 unspecified atom stereocenters. The molecule has 9 heteroatoms. The Morgan fingerprint density at radius 3 is 2.34 bits per heavy atom. The highest BCUT2D eigenvalue weighted by Gasteiger charge is 2.21. The highest BCUT2D eigenvalue weighted by atomic mass is 32.2. The van der Waals surface area contributed by atoms with E-state index in [4.69, 9.17) is 0 Å². The fourth-order valence-corrected chi connectivity index (χ4v) is 3.98. The zero-order valence-electron chi connectivity index (χ0n) is 16.8. The third-order valence-electron chi connectivity index (χ3n) is 4.84. The van der Waals surface area contributed by atoms with Gasteiger partial charge in [0.25, 0.3) is 11.5 Å². The van der Waals surface area contributed by atoms with E-state index < -0.39 is 15.9 Å². The third kappa shape index (κ3) is 3.66. The van der Waals surface area contributed by atoms with Crippen LogP contribution in [0.4, 0.5) is 5.69 Å². The number of aryl methyl sites for hydroxylation is 2. The smallest absolute Gasteiger partial charge is 0.276 e. The number of sulfonamides is 1. The molecule has 0 saturated heterocycles. The van der Waals surface area contributed by atoms with Crippen molar-refractivity contribution in [3.8, 4) is 0 Å². The van der Waals surface area contributed by atoms with Gasteiger partial charge >= 0.3 is 0 Å². The summed E-state index contributed by atoms with van der Waals surface area (Å²) >= 11 is 0. The van der Waals surface area contributed by atoms with E-state index in [0.717, 1.165) is 20.1 Å². The average Bonchev–Trinajstić information content (AvgIpc) is 2.67. The molecule has 3 rings (SSSR count). The predicted octanol–water partition coefficient (Wildman–Crippen LogP) is 2.05. The first-order valence-electron chi connectivity index (χ1n) is 8.85. The van der Waals surface area contributed by atoms with Gasteiger partial charge in [0.15, 0.2) is 5.69 Å². The van der Waals surface area contributed by atoms with Gasteiger partial charge in [0.05, 0.1) is 10.3 Å². The molecule has 0 atom stereocenters. The molecule has 3 aromatic rings. The van der Waals surface area contributed by atoms with Crippen molar-refractivity contribution in [3.05, 3.63) is 63.6 Å². The van der Waals surface area contributed by atoms with Crippen molar-refractivity contribution in [2.24, 2.45) is 7.05 Å². The minimum Gasteiger partial charge on any atom is -0.320 e. The number of hydrogen-bond donors (Lipinski definition) is 1. The molecule has 0 bridgehead atoms. The van der Waals surface area contributed by atoms with Crippen molar-refractivity contribution >= 4 is 32.4 Å². The molecular formula is C20H22N4O4S. The van der Waals surface area contributed by atoms with Crippen molar-refractivity contribution in [2.45, 2.75) is 18.7 Å². The Bertz CT molecular complexity index is 1290. The number of amides is 1. The second-order valence-electron chi connectivity index (χ2n) is 6.98. The summed E-state index contributed by atoms with van der Waals surface area (Å²) in [4.78, 5) is 25.4. The Morgan fingerprint density at radius 2 is 1.72 bits per heavy atom. The molecule has 0 fully saturated rings. The zero-order chi connectivity index (χ0) is 21.5. The maximum absolute atomic E-state index is 13.0. The molecule has 0 aliphatic rings. The normalized spacial score (nSPS) is 11.8. The summed E-state index contributed by atoms with van der Waals surface area (Å²) in [6, 6.07) is 9.73. The van der Waals surface area contributed by atoms with Crippen LogP contribution >= 0.6 is 0 Å². The number of hydrogen-bond acceptors (Lipinski definition) is 5. The molecule has 0 aliphatic heterocycles. The first-order chi connectivity index (χ1) is 13.5. The molecule has 1 aromatic heterocycles. The van der Waals surface area contributed by atoms with Gasteiger partial charge in [0.2, 0.25) is 10.0 Å². The Balaban J connectivity index is 2.11. The Morgan fingerprint density at radius 1 is 1.10 bits per heavy atom. The Labute approximate surface area is 168 Å². The van der Waals surface area contributed by atoms with Gasteiger partial charge in [-0.05, 0) is 43.2 Å². The molecule has 1 amide bonds. The highest BCUT2D eigenvalue weighted by Crippen LogP contribution is 2.26. The van der Waals surface area contributed by atoms with Crippen LogP contribution in [-0.4, -0.2) is 42.5 Å². The summed E-state index contributed by atoms with van der Waals surface area (Å²) in [7, 11) is 0.708. The number of anilines is 1. The maximum atomic E-state index is 13.0. The topological polar surface area (TPSA) is 101 Å². The average molecular weight is 414 g/mol. The number of carbonyl (C=O) groups is 1. The van der Waals surface area contributed by atoms with Crippen molar-refractivity contribution in [3.63, 3.8) is 0 Å². The minimum atomic E-state index is -3.67. The number of nitrogens with zero attached hydrogens (tertiary/aromatic N) is 3. The van der Waals surface area contributed by atoms with E-state index in [0.29, 0.717) is 16.5 Å². The van der Waals surface area contributed by atoms with E-state index in [1.165, 1.54) is 27.2 Å². The number of nitrogens with one attached hydrogen (secondary N) is 1. The fourth-order valence-electron chi connectivity index (χ4n) is 2.96. The van der Waals surface area contributed by atoms with Gasteiger partial charge in [-0.1, -0.05) is 18.2 Å². The van der Waals surface area contributed by atoms with Gasteiger partial charge in [0.1, 0.15) is 0 Å². The quantitative estimate of drug-likeness (QED) is 0.704. The van der Waals surface area contributed by atoms with Crippen LogP contribution in [0.15, 0.2) is 46.1 Å². The van der Waals surface area contributed by atoms with Gasteiger partial charge in [-0.25, -0.2) is 17.4 Å². The van der Waals surface area contributed by atoms with Gasteiger partial charge in [-0.2, -0.15) is 5.10 Å². The fraction of sp³-hybridized carbons (Fsp3) is 0.250. The van der Waals surface area contributed by atoms with Crippen LogP contribution in [-0.2, 0) is 17.1 Å². The lowest BCUT2D eigenvalue weighted by molar-refractivity contribution is 0.102. The number of fused-ring (bicyclic) bond motifs is 1. The Hall–Kier alpha value is -3.04. The molecular weight excluding hydrogens is 392 g/mol. The summed E-state index contributed by atoms with van der Waals surface area (Å²) in [5, 5.41) is 7.68. The van der Waals surface area contributed by atoms with Crippen LogP contribution in [0, 0.1) is 13.8 Å². The van der Waals surface area contributed by atoms with E-state index in [-0.39, 0.29) is 16.1 Å². The van der Waals surface area contributed by atoms with Crippen molar-refractivity contribution in [2.75, 3.05) is 19.4 Å². The maximum Gasteiger partial charge on any atom is 0.276 e. The van der Waals surface area contributed by atoms with E-state index in [2.05, 4.69) is 10.4 Å². The molecule has 1 N–H and O–H groups in total. The van der Waals surface area contributed by atoms with Crippen molar-refractivity contribution in [1.29, 1.82) is 0 Å². The monoisotopic (exact) mass is 414 g/mol. The van der Waals surface area contributed by atoms with Gasteiger partial charge in [-0.3, -0.25) is 9.59 Å². The summed E-state index contributed by atoms with van der Waals surface area (Å²) < 4.78 is 27.3. The summed E-state index contributed by atoms with van der Waals surface area (Å²) in [6.07, 6.45) is 0. The Kier molecular flexibility index (Phi) is 5.29. The first kappa shape index (κ1) is 20.7. The predicted molar refractivity (Wildman–Crippen MR) is 112 cm³/mol. The van der Waals surface area contributed by atoms with Crippen LogP contribution in [0.1, 0.15) is 21.6 Å². The van der Waals surface area contributed by atoms with Crippen LogP contribution in [0.25, 0.3) is 10.8 Å². The number of benzene rings is 2. The minimum absolute atomic E-state index is 0.0826.